The molecule has 2 rings (SSSR count). The van der Waals surface area contributed by atoms with Gasteiger partial charge in [-0.2, -0.15) is 0 Å². The third-order valence-corrected chi connectivity index (χ3v) is 4.09. The van der Waals surface area contributed by atoms with Crippen LogP contribution >= 0.6 is 11.6 Å². The Balaban J connectivity index is 1.93. The summed E-state index contributed by atoms with van der Waals surface area (Å²) in [5.74, 6) is -0.286. The zero-order chi connectivity index (χ0) is 13.1. The third kappa shape index (κ3) is 3.22. The summed E-state index contributed by atoms with van der Waals surface area (Å²) in [5.41, 5.74) is 0.957. The molecule has 1 aliphatic heterocycles. The number of halogens is 2. The van der Waals surface area contributed by atoms with Crippen molar-refractivity contribution in [3.05, 3.63) is 34.6 Å². The molecule has 0 radical (unpaired) electrons. The normalized spacial score (nSPS) is 22.3. The topological polar surface area (TPSA) is 15.3 Å². The molecule has 0 bridgehead atoms. The fourth-order valence-electron chi connectivity index (χ4n) is 2.51. The Labute approximate surface area is 113 Å². The summed E-state index contributed by atoms with van der Waals surface area (Å²) in [6.07, 6.45) is 2.52. The number of rotatable bonds is 4. The average molecular weight is 271 g/mol. The first-order valence-corrected chi connectivity index (χ1v) is 6.84. The van der Waals surface area contributed by atoms with Gasteiger partial charge >= 0.3 is 0 Å². The van der Waals surface area contributed by atoms with Crippen LogP contribution < -0.4 is 5.32 Å². The molecule has 1 saturated heterocycles. The molecule has 18 heavy (non-hydrogen) atoms. The van der Waals surface area contributed by atoms with Crippen molar-refractivity contribution in [2.75, 3.05) is 20.1 Å². The Kier molecular flexibility index (Phi) is 4.60. The van der Waals surface area contributed by atoms with E-state index in [1.54, 1.807) is 6.07 Å². The number of likely N-dealkylation sites (tertiary alicyclic amines) is 1. The zero-order valence-corrected chi connectivity index (χ0v) is 11.7. The maximum atomic E-state index is 13.0. The second kappa shape index (κ2) is 6.00. The minimum absolute atomic E-state index is 0.145. The summed E-state index contributed by atoms with van der Waals surface area (Å²) >= 11 is 6.06. The lowest BCUT2D eigenvalue weighted by atomic mass is 10.1. The van der Waals surface area contributed by atoms with E-state index < -0.39 is 0 Å². The van der Waals surface area contributed by atoms with Crippen molar-refractivity contribution >= 4 is 11.6 Å². The summed E-state index contributed by atoms with van der Waals surface area (Å²) in [6, 6.07) is 5.34. The molecule has 1 aliphatic rings. The van der Waals surface area contributed by atoms with Crippen molar-refractivity contribution in [2.45, 2.75) is 31.8 Å². The van der Waals surface area contributed by atoms with Crippen molar-refractivity contribution in [2.24, 2.45) is 0 Å². The van der Waals surface area contributed by atoms with E-state index in [0.29, 0.717) is 11.1 Å². The molecule has 0 saturated carbocycles. The molecule has 2 unspecified atom stereocenters. The minimum Gasteiger partial charge on any atom is -0.309 e. The Morgan fingerprint density at radius 3 is 2.94 bits per heavy atom. The van der Waals surface area contributed by atoms with Gasteiger partial charge in [-0.05, 0) is 51.1 Å². The molecule has 1 aromatic carbocycles. The van der Waals surface area contributed by atoms with Crippen LogP contribution in [0.4, 0.5) is 4.39 Å². The SMILES string of the molecule is CC(NCC1CCCN1C)c1ccc(F)cc1Cl. The van der Waals surface area contributed by atoms with Crippen LogP contribution in [0.2, 0.25) is 5.02 Å². The molecule has 1 N–H and O–H groups in total. The summed E-state index contributed by atoms with van der Waals surface area (Å²) in [6.45, 7) is 4.19. The number of nitrogens with zero attached hydrogens (tertiary/aromatic N) is 1. The van der Waals surface area contributed by atoms with Gasteiger partial charge < -0.3 is 10.2 Å². The minimum atomic E-state index is -0.286. The molecule has 100 valence electrons. The number of benzene rings is 1. The van der Waals surface area contributed by atoms with Crippen LogP contribution in [-0.2, 0) is 0 Å². The van der Waals surface area contributed by atoms with Gasteiger partial charge in [-0.25, -0.2) is 4.39 Å². The Bertz CT molecular complexity index is 411. The van der Waals surface area contributed by atoms with Gasteiger partial charge in [-0.1, -0.05) is 17.7 Å². The largest absolute Gasteiger partial charge is 0.309 e. The van der Waals surface area contributed by atoms with E-state index >= 15 is 0 Å². The quantitative estimate of drug-likeness (QED) is 0.904. The van der Waals surface area contributed by atoms with Crippen molar-refractivity contribution < 1.29 is 4.39 Å². The van der Waals surface area contributed by atoms with E-state index in [4.69, 9.17) is 11.6 Å². The van der Waals surface area contributed by atoms with Crippen LogP contribution in [-0.4, -0.2) is 31.1 Å². The predicted molar refractivity (Wildman–Crippen MR) is 73.5 cm³/mol. The monoisotopic (exact) mass is 270 g/mol. The van der Waals surface area contributed by atoms with Crippen LogP contribution in [0, 0.1) is 5.82 Å². The predicted octanol–water partition coefficient (Wildman–Crippen LogP) is 3.22. The zero-order valence-electron chi connectivity index (χ0n) is 10.9. The standard InChI is InChI=1S/C14H20ClFN2/c1-10(13-6-5-11(16)8-14(13)15)17-9-12-4-3-7-18(12)2/h5-6,8,10,12,17H,3-4,7,9H2,1-2H3. The lowest BCUT2D eigenvalue weighted by molar-refractivity contribution is 0.293. The van der Waals surface area contributed by atoms with Crippen LogP contribution in [0.1, 0.15) is 31.4 Å². The highest BCUT2D eigenvalue weighted by Gasteiger charge is 2.21. The molecule has 1 heterocycles. The summed E-state index contributed by atoms with van der Waals surface area (Å²) in [5, 5.41) is 3.98. The van der Waals surface area contributed by atoms with Crippen LogP contribution in [0.5, 0.6) is 0 Å². The molecular weight excluding hydrogens is 251 g/mol. The van der Waals surface area contributed by atoms with E-state index in [2.05, 4.69) is 24.2 Å². The van der Waals surface area contributed by atoms with Gasteiger partial charge in [-0.15, -0.1) is 0 Å². The lowest BCUT2D eigenvalue weighted by Gasteiger charge is -2.23. The Hall–Kier alpha value is -0.640. The first-order chi connectivity index (χ1) is 8.58. The smallest absolute Gasteiger partial charge is 0.124 e. The second-order valence-corrected chi connectivity index (χ2v) is 5.48. The maximum Gasteiger partial charge on any atom is 0.124 e. The number of hydrogen-bond acceptors (Lipinski definition) is 2. The van der Waals surface area contributed by atoms with Crippen molar-refractivity contribution in [1.29, 1.82) is 0 Å². The van der Waals surface area contributed by atoms with Crippen molar-refractivity contribution in [3.8, 4) is 0 Å². The van der Waals surface area contributed by atoms with Gasteiger partial charge in [0.2, 0.25) is 0 Å². The second-order valence-electron chi connectivity index (χ2n) is 5.07. The fraction of sp³-hybridized carbons (Fsp3) is 0.571. The van der Waals surface area contributed by atoms with Crippen LogP contribution in [0.25, 0.3) is 0 Å². The van der Waals surface area contributed by atoms with Gasteiger partial charge in [0.1, 0.15) is 5.82 Å². The fourth-order valence-corrected chi connectivity index (χ4v) is 2.84. The molecule has 1 aromatic rings. The molecule has 0 aliphatic carbocycles. The van der Waals surface area contributed by atoms with E-state index in [-0.39, 0.29) is 11.9 Å². The summed E-state index contributed by atoms with van der Waals surface area (Å²) in [7, 11) is 2.16. The van der Waals surface area contributed by atoms with Gasteiger partial charge in [0, 0.05) is 23.7 Å². The van der Waals surface area contributed by atoms with Gasteiger partial charge in [0.25, 0.3) is 0 Å². The molecule has 0 amide bonds. The van der Waals surface area contributed by atoms with E-state index in [0.717, 1.165) is 12.1 Å². The number of likely N-dealkylation sites (N-methyl/N-ethyl adjacent to an activating group) is 1. The Morgan fingerprint density at radius 1 is 1.56 bits per heavy atom. The summed E-state index contributed by atoms with van der Waals surface area (Å²) < 4.78 is 13.0. The average Bonchev–Trinajstić information content (AvgIpc) is 2.72. The summed E-state index contributed by atoms with van der Waals surface area (Å²) in [4.78, 5) is 2.38. The van der Waals surface area contributed by atoms with Gasteiger partial charge in [0.15, 0.2) is 0 Å². The van der Waals surface area contributed by atoms with Gasteiger partial charge in [0.05, 0.1) is 0 Å². The van der Waals surface area contributed by atoms with E-state index in [9.17, 15) is 4.39 Å². The van der Waals surface area contributed by atoms with Crippen molar-refractivity contribution in [3.63, 3.8) is 0 Å². The lowest BCUT2D eigenvalue weighted by Crippen LogP contribution is -2.36. The molecule has 0 aromatic heterocycles. The molecule has 0 spiro atoms. The highest BCUT2D eigenvalue weighted by Crippen LogP contribution is 2.24. The first-order valence-electron chi connectivity index (χ1n) is 6.46. The highest BCUT2D eigenvalue weighted by molar-refractivity contribution is 6.31. The third-order valence-electron chi connectivity index (χ3n) is 3.76. The van der Waals surface area contributed by atoms with E-state index in [1.807, 2.05) is 0 Å². The highest BCUT2D eigenvalue weighted by atomic mass is 35.5. The van der Waals surface area contributed by atoms with Gasteiger partial charge in [-0.3, -0.25) is 0 Å². The van der Waals surface area contributed by atoms with E-state index in [1.165, 1.54) is 31.5 Å². The number of nitrogens with one attached hydrogen (secondary N) is 1. The van der Waals surface area contributed by atoms with Crippen molar-refractivity contribution in [1.82, 2.24) is 10.2 Å². The molecular formula is C14H20ClFN2. The molecule has 2 atom stereocenters. The Morgan fingerprint density at radius 2 is 2.33 bits per heavy atom. The van der Waals surface area contributed by atoms with Crippen LogP contribution in [0.3, 0.4) is 0 Å². The first kappa shape index (κ1) is 13.8. The molecule has 2 nitrogen and oxygen atoms in total. The maximum absolute atomic E-state index is 13.0. The van der Waals surface area contributed by atoms with Crippen LogP contribution in [0.15, 0.2) is 18.2 Å². The molecule has 4 heteroatoms. The molecule has 1 fully saturated rings. The number of hydrogen-bond donors (Lipinski definition) is 1.